The molecule has 0 saturated heterocycles. The summed E-state index contributed by atoms with van der Waals surface area (Å²) in [4.78, 5) is 14.5. The average molecular weight is 233 g/mol. The van der Waals surface area contributed by atoms with Gasteiger partial charge in [0, 0.05) is 17.8 Å². The first-order valence-electron chi connectivity index (χ1n) is 5.03. The molecular formula is C12H11NO4. The quantitative estimate of drug-likeness (QED) is 0.726. The maximum absolute atomic E-state index is 10.6. The number of aliphatic hydroxyl groups excluding tert-OH is 2. The van der Waals surface area contributed by atoms with Gasteiger partial charge in [0.05, 0.1) is 0 Å². The topological polar surface area (TPSA) is 90.7 Å². The molecule has 0 radical (unpaired) electrons. The molecule has 0 aliphatic rings. The number of benzene rings is 1. The number of rotatable bonds is 3. The van der Waals surface area contributed by atoms with Gasteiger partial charge in [0.2, 0.25) is 0 Å². The van der Waals surface area contributed by atoms with Crippen molar-refractivity contribution in [3.8, 4) is 0 Å². The molecule has 2 rings (SSSR count). The summed E-state index contributed by atoms with van der Waals surface area (Å²) in [7, 11) is 0. The van der Waals surface area contributed by atoms with Crippen LogP contribution in [0.25, 0.3) is 10.8 Å². The Bertz CT molecular complexity index is 550. The number of aromatic nitrogens is 1. The lowest BCUT2D eigenvalue weighted by Crippen LogP contribution is -2.27. The number of hydrogen-bond acceptors (Lipinski definition) is 4. The Labute approximate surface area is 97.0 Å². The smallest absolute Gasteiger partial charge is 0.335 e. The van der Waals surface area contributed by atoms with E-state index < -0.39 is 18.2 Å². The molecule has 0 saturated carbocycles. The predicted molar refractivity (Wildman–Crippen MR) is 60.3 cm³/mol. The SMILES string of the molecule is O=C(O)C(O)C(O)c1cccc2ccncc12. The van der Waals surface area contributed by atoms with Crippen molar-refractivity contribution in [2.24, 2.45) is 0 Å². The number of pyridine rings is 1. The van der Waals surface area contributed by atoms with Gasteiger partial charge < -0.3 is 15.3 Å². The molecule has 2 aromatic rings. The van der Waals surface area contributed by atoms with E-state index in [1.165, 1.54) is 6.20 Å². The lowest BCUT2D eigenvalue weighted by Gasteiger charge is -2.16. The van der Waals surface area contributed by atoms with Crippen LogP contribution in [0.1, 0.15) is 11.7 Å². The van der Waals surface area contributed by atoms with Crippen LogP contribution >= 0.6 is 0 Å². The van der Waals surface area contributed by atoms with Crippen molar-refractivity contribution in [1.29, 1.82) is 0 Å². The van der Waals surface area contributed by atoms with Crippen LogP contribution in [0.5, 0.6) is 0 Å². The van der Waals surface area contributed by atoms with Crippen molar-refractivity contribution < 1.29 is 20.1 Å². The molecule has 1 aromatic heterocycles. The van der Waals surface area contributed by atoms with Gasteiger partial charge in [-0.25, -0.2) is 4.79 Å². The molecule has 1 aromatic carbocycles. The average Bonchev–Trinajstić information content (AvgIpc) is 2.36. The number of carboxylic acids is 1. The van der Waals surface area contributed by atoms with Crippen LogP contribution in [0.2, 0.25) is 0 Å². The molecule has 0 spiro atoms. The first kappa shape index (κ1) is 11.5. The standard InChI is InChI=1S/C12H11NO4/c14-10(11(15)12(16)17)8-3-1-2-7-4-5-13-6-9(7)8/h1-6,10-11,14-15H,(H,16,17). The Kier molecular flexibility index (Phi) is 3.03. The van der Waals surface area contributed by atoms with Crippen molar-refractivity contribution >= 4 is 16.7 Å². The second kappa shape index (κ2) is 4.48. The Morgan fingerprint density at radius 3 is 2.71 bits per heavy atom. The second-order valence-electron chi connectivity index (χ2n) is 3.67. The minimum Gasteiger partial charge on any atom is -0.479 e. The fourth-order valence-corrected chi connectivity index (χ4v) is 1.70. The fourth-order valence-electron chi connectivity index (χ4n) is 1.70. The van der Waals surface area contributed by atoms with Crippen LogP contribution < -0.4 is 0 Å². The van der Waals surface area contributed by atoms with E-state index >= 15 is 0 Å². The highest BCUT2D eigenvalue weighted by molar-refractivity contribution is 5.86. The minimum atomic E-state index is -1.85. The largest absolute Gasteiger partial charge is 0.479 e. The molecule has 0 fully saturated rings. The van der Waals surface area contributed by atoms with Gasteiger partial charge in [-0.3, -0.25) is 4.98 Å². The number of carboxylic acid groups (broad SMARTS) is 1. The zero-order valence-electron chi connectivity index (χ0n) is 8.82. The molecule has 17 heavy (non-hydrogen) atoms. The van der Waals surface area contributed by atoms with E-state index in [1.54, 1.807) is 24.4 Å². The first-order chi connectivity index (χ1) is 8.11. The Balaban J connectivity index is 2.52. The normalized spacial score (nSPS) is 14.5. The van der Waals surface area contributed by atoms with Gasteiger partial charge in [-0.15, -0.1) is 0 Å². The summed E-state index contributed by atoms with van der Waals surface area (Å²) in [5.74, 6) is -1.46. The molecule has 2 atom stereocenters. The lowest BCUT2D eigenvalue weighted by molar-refractivity contribution is -0.153. The Morgan fingerprint density at radius 2 is 2.00 bits per heavy atom. The molecule has 5 heteroatoms. The number of nitrogens with zero attached hydrogens (tertiary/aromatic N) is 1. The maximum atomic E-state index is 10.6. The van der Waals surface area contributed by atoms with Crippen molar-refractivity contribution in [3.63, 3.8) is 0 Å². The van der Waals surface area contributed by atoms with E-state index in [0.717, 1.165) is 5.39 Å². The van der Waals surface area contributed by atoms with Crippen LogP contribution in [0.3, 0.4) is 0 Å². The maximum Gasteiger partial charge on any atom is 0.335 e. The molecule has 0 aliphatic carbocycles. The van der Waals surface area contributed by atoms with Crippen molar-refractivity contribution in [1.82, 2.24) is 4.98 Å². The monoisotopic (exact) mass is 233 g/mol. The highest BCUT2D eigenvalue weighted by Gasteiger charge is 2.26. The van der Waals surface area contributed by atoms with E-state index in [4.69, 9.17) is 5.11 Å². The Morgan fingerprint density at radius 1 is 1.24 bits per heavy atom. The zero-order valence-corrected chi connectivity index (χ0v) is 8.82. The number of aliphatic hydroxyl groups is 2. The summed E-state index contributed by atoms with van der Waals surface area (Å²) >= 11 is 0. The minimum absolute atomic E-state index is 0.352. The van der Waals surface area contributed by atoms with Crippen LogP contribution in [0, 0.1) is 0 Å². The van der Waals surface area contributed by atoms with E-state index in [0.29, 0.717) is 10.9 Å². The molecule has 88 valence electrons. The molecule has 0 amide bonds. The van der Waals surface area contributed by atoms with E-state index in [9.17, 15) is 15.0 Å². The van der Waals surface area contributed by atoms with Crippen molar-refractivity contribution in [3.05, 3.63) is 42.2 Å². The van der Waals surface area contributed by atoms with Crippen molar-refractivity contribution in [2.45, 2.75) is 12.2 Å². The van der Waals surface area contributed by atoms with Crippen LogP contribution in [-0.4, -0.2) is 32.4 Å². The molecular weight excluding hydrogens is 222 g/mol. The molecule has 5 nitrogen and oxygen atoms in total. The highest BCUT2D eigenvalue weighted by Crippen LogP contribution is 2.25. The van der Waals surface area contributed by atoms with Gasteiger partial charge >= 0.3 is 5.97 Å². The molecule has 0 bridgehead atoms. The van der Waals surface area contributed by atoms with Crippen LogP contribution in [0.4, 0.5) is 0 Å². The number of hydrogen-bond donors (Lipinski definition) is 3. The van der Waals surface area contributed by atoms with Gasteiger partial charge in [0.25, 0.3) is 0 Å². The lowest BCUT2D eigenvalue weighted by atomic mass is 9.99. The summed E-state index contributed by atoms with van der Waals surface area (Å²) in [5, 5.41) is 29.3. The third-order valence-electron chi connectivity index (χ3n) is 2.59. The summed E-state index contributed by atoms with van der Waals surface area (Å²) in [6.45, 7) is 0. The van der Waals surface area contributed by atoms with Crippen LogP contribution in [0.15, 0.2) is 36.7 Å². The number of carbonyl (C=O) groups is 1. The van der Waals surface area contributed by atoms with Crippen molar-refractivity contribution in [2.75, 3.05) is 0 Å². The summed E-state index contributed by atoms with van der Waals surface area (Å²) in [6.07, 6.45) is -0.185. The summed E-state index contributed by atoms with van der Waals surface area (Å²) in [5.41, 5.74) is 0.352. The third-order valence-corrected chi connectivity index (χ3v) is 2.59. The highest BCUT2D eigenvalue weighted by atomic mass is 16.4. The zero-order chi connectivity index (χ0) is 12.4. The molecule has 3 N–H and O–H groups in total. The van der Waals surface area contributed by atoms with Gasteiger partial charge in [0.15, 0.2) is 6.10 Å². The van der Waals surface area contributed by atoms with Gasteiger partial charge in [-0.1, -0.05) is 18.2 Å². The molecule has 1 heterocycles. The van der Waals surface area contributed by atoms with Crippen LogP contribution in [-0.2, 0) is 4.79 Å². The first-order valence-corrected chi connectivity index (χ1v) is 5.03. The van der Waals surface area contributed by atoms with Gasteiger partial charge in [0.1, 0.15) is 6.10 Å². The van der Waals surface area contributed by atoms with E-state index in [2.05, 4.69) is 4.98 Å². The second-order valence-corrected chi connectivity index (χ2v) is 3.67. The fraction of sp³-hybridized carbons (Fsp3) is 0.167. The number of fused-ring (bicyclic) bond motifs is 1. The third kappa shape index (κ3) is 2.11. The van der Waals surface area contributed by atoms with Gasteiger partial charge in [-0.2, -0.15) is 0 Å². The number of aliphatic carboxylic acids is 1. The molecule has 0 aliphatic heterocycles. The molecule has 2 unspecified atom stereocenters. The van der Waals surface area contributed by atoms with E-state index in [-0.39, 0.29) is 0 Å². The van der Waals surface area contributed by atoms with Gasteiger partial charge in [-0.05, 0) is 17.0 Å². The predicted octanol–water partition coefficient (Wildman–Crippen LogP) is 0.714. The van der Waals surface area contributed by atoms with E-state index in [1.807, 2.05) is 6.07 Å². The summed E-state index contributed by atoms with van der Waals surface area (Å²) in [6, 6.07) is 6.83. The summed E-state index contributed by atoms with van der Waals surface area (Å²) < 4.78 is 0. The Hall–Kier alpha value is -1.98.